The van der Waals surface area contributed by atoms with Crippen LogP contribution < -0.4 is 9.47 Å². The van der Waals surface area contributed by atoms with Crippen molar-refractivity contribution in [2.45, 2.75) is 20.5 Å². The molecule has 0 saturated heterocycles. The zero-order valence-corrected chi connectivity index (χ0v) is 14.4. The van der Waals surface area contributed by atoms with Crippen LogP contribution in [0.4, 0.5) is 0 Å². The van der Waals surface area contributed by atoms with Crippen LogP contribution in [0.5, 0.6) is 11.5 Å². The summed E-state index contributed by atoms with van der Waals surface area (Å²) in [5.41, 5.74) is 1.15. The van der Waals surface area contributed by atoms with Gasteiger partial charge >= 0.3 is 5.97 Å². The van der Waals surface area contributed by atoms with Gasteiger partial charge < -0.3 is 18.6 Å². The average Bonchev–Trinajstić information content (AvgIpc) is 2.83. The first-order chi connectivity index (χ1) is 10.5. The standard InChI is InChI=1S/C16H17BrO5/c1-9-5-12(10(2)22-9)16(18)21-8-11-6-15(20-4)13(17)7-14(11)19-3/h5-7H,8H2,1-4H3. The van der Waals surface area contributed by atoms with Gasteiger partial charge in [-0.2, -0.15) is 0 Å². The SMILES string of the molecule is COc1cc(COC(=O)c2cc(C)oc2C)c(OC)cc1Br. The molecule has 0 amide bonds. The lowest BCUT2D eigenvalue weighted by molar-refractivity contribution is 0.0468. The molecule has 0 saturated carbocycles. The van der Waals surface area contributed by atoms with Crippen LogP contribution in [0, 0.1) is 13.8 Å². The number of benzene rings is 1. The van der Waals surface area contributed by atoms with Gasteiger partial charge in [0.15, 0.2) is 0 Å². The summed E-state index contributed by atoms with van der Waals surface area (Å²) in [5, 5.41) is 0. The van der Waals surface area contributed by atoms with Crippen molar-refractivity contribution in [1.29, 1.82) is 0 Å². The lowest BCUT2D eigenvalue weighted by atomic mass is 10.2. The zero-order chi connectivity index (χ0) is 16.3. The first-order valence-electron chi connectivity index (χ1n) is 6.60. The van der Waals surface area contributed by atoms with Crippen molar-refractivity contribution in [1.82, 2.24) is 0 Å². The molecule has 0 aliphatic carbocycles. The van der Waals surface area contributed by atoms with E-state index >= 15 is 0 Å². The summed E-state index contributed by atoms with van der Waals surface area (Å²) >= 11 is 3.39. The summed E-state index contributed by atoms with van der Waals surface area (Å²) < 4.78 is 22.0. The number of rotatable bonds is 5. The van der Waals surface area contributed by atoms with Crippen molar-refractivity contribution >= 4 is 21.9 Å². The van der Waals surface area contributed by atoms with Crippen LogP contribution in [0.25, 0.3) is 0 Å². The van der Waals surface area contributed by atoms with Crippen molar-refractivity contribution in [3.05, 3.63) is 45.3 Å². The van der Waals surface area contributed by atoms with E-state index in [1.807, 2.05) is 0 Å². The van der Waals surface area contributed by atoms with Crippen LogP contribution in [0.15, 0.2) is 27.1 Å². The number of halogens is 1. The maximum absolute atomic E-state index is 12.1. The molecular formula is C16H17BrO5. The van der Waals surface area contributed by atoms with Gasteiger partial charge in [0, 0.05) is 5.56 Å². The van der Waals surface area contributed by atoms with E-state index < -0.39 is 5.97 Å². The van der Waals surface area contributed by atoms with Crippen molar-refractivity contribution in [3.8, 4) is 11.5 Å². The van der Waals surface area contributed by atoms with Gasteiger partial charge in [-0.3, -0.25) is 0 Å². The molecule has 0 atom stereocenters. The number of aryl methyl sites for hydroxylation is 2. The monoisotopic (exact) mass is 368 g/mol. The molecule has 5 nitrogen and oxygen atoms in total. The van der Waals surface area contributed by atoms with Gasteiger partial charge in [0.2, 0.25) is 0 Å². The van der Waals surface area contributed by atoms with Crippen LogP contribution in [-0.4, -0.2) is 20.2 Å². The molecule has 2 aromatic rings. The highest BCUT2D eigenvalue weighted by molar-refractivity contribution is 9.10. The van der Waals surface area contributed by atoms with E-state index in [2.05, 4.69) is 15.9 Å². The molecule has 0 aliphatic rings. The molecule has 1 heterocycles. The maximum Gasteiger partial charge on any atom is 0.342 e. The third-order valence-corrected chi connectivity index (χ3v) is 3.79. The quantitative estimate of drug-likeness (QED) is 0.745. The third-order valence-electron chi connectivity index (χ3n) is 3.17. The average molecular weight is 369 g/mol. The molecule has 1 aromatic heterocycles. The van der Waals surface area contributed by atoms with Gasteiger partial charge in [-0.1, -0.05) is 0 Å². The predicted molar refractivity (Wildman–Crippen MR) is 84.5 cm³/mol. The second-order valence-electron chi connectivity index (χ2n) is 4.70. The Balaban J connectivity index is 2.17. The second kappa shape index (κ2) is 6.87. The van der Waals surface area contributed by atoms with Gasteiger partial charge in [-0.25, -0.2) is 4.79 Å². The number of ether oxygens (including phenoxy) is 3. The topological polar surface area (TPSA) is 57.9 Å². The first kappa shape index (κ1) is 16.4. The van der Waals surface area contributed by atoms with Crippen LogP contribution in [0.3, 0.4) is 0 Å². The van der Waals surface area contributed by atoms with E-state index in [-0.39, 0.29) is 6.61 Å². The largest absolute Gasteiger partial charge is 0.496 e. The molecule has 2 rings (SSSR count). The van der Waals surface area contributed by atoms with E-state index in [1.54, 1.807) is 46.3 Å². The van der Waals surface area contributed by atoms with Crippen LogP contribution >= 0.6 is 15.9 Å². The Kier molecular flexibility index (Phi) is 5.13. The molecule has 0 unspecified atom stereocenters. The van der Waals surface area contributed by atoms with Crippen molar-refractivity contribution in [3.63, 3.8) is 0 Å². The van der Waals surface area contributed by atoms with E-state index in [0.29, 0.717) is 34.1 Å². The van der Waals surface area contributed by atoms with Gasteiger partial charge in [0.05, 0.1) is 18.7 Å². The normalized spacial score (nSPS) is 10.4. The molecule has 118 valence electrons. The number of hydrogen-bond acceptors (Lipinski definition) is 5. The maximum atomic E-state index is 12.1. The predicted octanol–water partition coefficient (Wildman–Crippen LogP) is 4.03. The second-order valence-corrected chi connectivity index (χ2v) is 5.56. The lowest BCUT2D eigenvalue weighted by Gasteiger charge is -2.12. The first-order valence-corrected chi connectivity index (χ1v) is 7.40. The zero-order valence-electron chi connectivity index (χ0n) is 12.9. The fraction of sp³-hybridized carbons (Fsp3) is 0.312. The molecule has 22 heavy (non-hydrogen) atoms. The minimum Gasteiger partial charge on any atom is -0.496 e. The summed E-state index contributed by atoms with van der Waals surface area (Å²) in [7, 11) is 3.13. The van der Waals surface area contributed by atoms with Crippen LogP contribution in [-0.2, 0) is 11.3 Å². The van der Waals surface area contributed by atoms with Crippen LogP contribution in [0.2, 0.25) is 0 Å². The van der Waals surface area contributed by atoms with Crippen molar-refractivity contribution < 1.29 is 23.4 Å². The fourth-order valence-corrected chi connectivity index (χ4v) is 2.58. The lowest BCUT2D eigenvalue weighted by Crippen LogP contribution is -2.06. The molecule has 0 N–H and O–H groups in total. The van der Waals surface area contributed by atoms with Gasteiger partial charge in [-0.15, -0.1) is 0 Å². The molecule has 0 bridgehead atoms. The fourth-order valence-electron chi connectivity index (χ4n) is 2.09. The van der Waals surface area contributed by atoms with Crippen molar-refractivity contribution in [2.75, 3.05) is 14.2 Å². The Morgan fingerprint density at radius 2 is 1.82 bits per heavy atom. The highest BCUT2D eigenvalue weighted by atomic mass is 79.9. The van der Waals surface area contributed by atoms with E-state index in [4.69, 9.17) is 18.6 Å². The number of esters is 1. The molecule has 0 spiro atoms. The summed E-state index contributed by atoms with van der Waals surface area (Å²) in [4.78, 5) is 12.1. The van der Waals surface area contributed by atoms with E-state index in [9.17, 15) is 4.79 Å². The number of carbonyl (C=O) groups excluding carboxylic acids is 1. The summed E-state index contributed by atoms with van der Waals surface area (Å²) in [6, 6.07) is 5.20. The minimum atomic E-state index is -0.432. The molecular weight excluding hydrogens is 352 g/mol. The van der Waals surface area contributed by atoms with Gasteiger partial charge in [0.1, 0.15) is 35.2 Å². The molecule has 0 radical (unpaired) electrons. The number of furan rings is 1. The molecule has 0 fully saturated rings. The highest BCUT2D eigenvalue weighted by Crippen LogP contribution is 2.33. The highest BCUT2D eigenvalue weighted by Gasteiger charge is 2.17. The number of hydrogen-bond donors (Lipinski definition) is 0. The molecule has 1 aromatic carbocycles. The van der Waals surface area contributed by atoms with Crippen LogP contribution in [0.1, 0.15) is 27.4 Å². The Labute approximate surface area is 137 Å². The Morgan fingerprint density at radius 1 is 1.14 bits per heavy atom. The Bertz CT molecular complexity index is 690. The van der Waals surface area contributed by atoms with Gasteiger partial charge in [-0.05, 0) is 48.0 Å². The summed E-state index contributed by atoms with van der Waals surface area (Å²) in [6.45, 7) is 3.59. The Hall–Kier alpha value is -1.95. The van der Waals surface area contributed by atoms with E-state index in [1.165, 1.54) is 0 Å². The minimum absolute atomic E-state index is 0.0787. The Morgan fingerprint density at radius 3 is 2.36 bits per heavy atom. The van der Waals surface area contributed by atoms with Gasteiger partial charge in [0.25, 0.3) is 0 Å². The smallest absolute Gasteiger partial charge is 0.342 e. The number of methoxy groups -OCH3 is 2. The molecule has 0 aliphatic heterocycles. The van der Waals surface area contributed by atoms with Crippen molar-refractivity contribution in [2.24, 2.45) is 0 Å². The van der Waals surface area contributed by atoms with E-state index in [0.717, 1.165) is 4.47 Å². The molecule has 6 heteroatoms. The summed E-state index contributed by atoms with van der Waals surface area (Å²) in [5.74, 6) is 2.04. The number of carbonyl (C=O) groups is 1. The summed E-state index contributed by atoms with van der Waals surface area (Å²) in [6.07, 6.45) is 0. The third kappa shape index (κ3) is 3.44.